The molecule has 0 spiro atoms. The third-order valence-corrected chi connectivity index (χ3v) is 3.74. The maximum atomic E-state index is 5.84. The van der Waals surface area contributed by atoms with Crippen molar-refractivity contribution in [2.75, 3.05) is 25.2 Å². The van der Waals surface area contributed by atoms with Crippen molar-refractivity contribution in [2.45, 2.75) is 45.2 Å². The zero-order chi connectivity index (χ0) is 13.8. The fourth-order valence-electron chi connectivity index (χ4n) is 2.72. The lowest BCUT2D eigenvalue weighted by Gasteiger charge is -2.33. The molecule has 2 rings (SSSR count). The standard InChI is InChI=1S/C15H25N3O/c1-11-8-13(9-12(2)16)10-17-15(11)18(3)14-4-6-19-7-5-14/h8,10,12,14H,4-7,9,16H2,1-3H3. The van der Waals surface area contributed by atoms with Gasteiger partial charge in [-0.1, -0.05) is 6.07 Å². The third kappa shape index (κ3) is 3.67. The monoisotopic (exact) mass is 263 g/mol. The molecular weight excluding hydrogens is 238 g/mol. The van der Waals surface area contributed by atoms with Crippen molar-refractivity contribution >= 4 is 5.82 Å². The second kappa shape index (κ2) is 6.35. The molecule has 1 aromatic heterocycles. The van der Waals surface area contributed by atoms with Crippen molar-refractivity contribution in [3.8, 4) is 0 Å². The lowest BCUT2D eigenvalue weighted by Crippen LogP contribution is -2.37. The maximum Gasteiger partial charge on any atom is 0.131 e. The molecule has 2 heterocycles. The van der Waals surface area contributed by atoms with Crippen LogP contribution in [0.15, 0.2) is 12.3 Å². The zero-order valence-corrected chi connectivity index (χ0v) is 12.2. The van der Waals surface area contributed by atoms with E-state index in [9.17, 15) is 0 Å². The van der Waals surface area contributed by atoms with Crippen molar-refractivity contribution in [3.63, 3.8) is 0 Å². The summed E-state index contributed by atoms with van der Waals surface area (Å²) in [5.41, 5.74) is 8.29. The van der Waals surface area contributed by atoms with Crippen molar-refractivity contribution in [1.29, 1.82) is 0 Å². The van der Waals surface area contributed by atoms with Crippen LogP contribution in [0, 0.1) is 6.92 Å². The highest BCUT2D eigenvalue weighted by molar-refractivity contribution is 5.47. The second-order valence-electron chi connectivity index (χ2n) is 5.62. The minimum absolute atomic E-state index is 0.181. The molecule has 2 N–H and O–H groups in total. The molecule has 1 aliphatic rings. The summed E-state index contributed by atoms with van der Waals surface area (Å²) in [6.45, 7) is 5.87. The Morgan fingerprint density at radius 2 is 2.16 bits per heavy atom. The Balaban J connectivity index is 2.10. The molecule has 19 heavy (non-hydrogen) atoms. The summed E-state index contributed by atoms with van der Waals surface area (Å²) < 4.78 is 5.42. The van der Waals surface area contributed by atoms with E-state index in [1.54, 1.807) is 0 Å². The van der Waals surface area contributed by atoms with E-state index >= 15 is 0 Å². The number of hydrogen-bond acceptors (Lipinski definition) is 4. The summed E-state index contributed by atoms with van der Waals surface area (Å²) in [5, 5.41) is 0. The number of aryl methyl sites for hydroxylation is 1. The highest BCUT2D eigenvalue weighted by Gasteiger charge is 2.20. The SMILES string of the molecule is Cc1cc(CC(C)N)cnc1N(C)C1CCOCC1. The van der Waals surface area contributed by atoms with Crippen LogP contribution in [-0.2, 0) is 11.2 Å². The van der Waals surface area contributed by atoms with E-state index in [1.165, 1.54) is 11.1 Å². The topological polar surface area (TPSA) is 51.4 Å². The van der Waals surface area contributed by atoms with Crippen LogP contribution in [0.2, 0.25) is 0 Å². The molecule has 1 saturated heterocycles. The molecule has 4 heteroatoms. The summed E-state index contributed by atoms with van der Waals surface area (Å²) in [4.78, 5) is 6.94. The lowest BCUT2D eigenvalue weighted by molar-refractivity contribution is 0.0853. The Labute approximate surface area is 116 Å². The lowest BCUT2D eigenvalue weighted by atomic mass is 10.1. The first-order valence-corrected chi connectivity index (χ1v) is 7.09. The van der Waals surface area contributed by atoms with Gasteiger partial charge in [0.05, 0.1) is 0 Å². The summed E-state index contributed by atoms with van der Waals surface area (Å²) in [6.07, 6.45) is 5.01. The molecule has 0 bridgehead atoms. The Morgan fingerprint density at radius 1 is 1.47 bits per heavy atom. The smallest absolute Gasteiger partial charge is 0.131 e. The van der Waals surface area contributed by atoms with E-state index in [1.807, 2.05) is 13.1 Å². The number of nitrogens with zero attached hydrogens (tertiary/aromatic N) is 2. The van der Waals surface area contributed by atoms with Gasteiger partial charge in [-0.2, -0.15) is 0 Å². The van der Waals surface area contributed by atoms with Gasteiger partial charge in [-0.25, -0.2) is 4.98 Å². The maximum absolute atomic E-state index is 5.84. The third-order valence-electron chi connectivity index (χ3n) is 3.74. The number of nitrogens with two attached hydrogens (primary N) is 1. The van der Waals surface area contributed by atoms with Gasteiger partial charge in [0, 0.05) is 38.5 Å². The number of hydrogen-bond donors (Lipinski definition) is 1. The van der Waals surface area contributed by atoms with Gasteiger partial charge in [0.25, 0.3) is 0 Å². The molecule has 1 unspecified atom stereocenters. The molecule has 106 valence electrons. The predicted octanol–water partition coefficient (Wildman–Crippen LogP) is 1.89. The minimum Gasteiger partial charge on any atom is -0.381 e. The van der Waals surface area contributed by atoms with E-state index in [2.05, 4.69) is 29.9 Å². The van der Waals surface area contributed by atoms with Gasteiger partial charge in [-0.3, -0.25) is 0 Å². The molecule has 0 aromatic carbocycles. The molecule has 1 aromatic rings. The van der Waals surface area contributed by atoms with E-state index in [0.29, 0.717) is 6.04 Å². The Bertz CT molecular complexity index is 414. The first kappa shape index (κ1) is 14.3. The van der Waals surface area contributed by atoms with Crippen molar-refractivity contribution in [3.05, 3.63) is 23.4 Å². The van der Waals surface area contributed by atoms with Crippen molar-refractivity contribution < 1.29 is 4.74 Å². The Morgan fingerprint density at radius 3 is 2.74 bits per heavy atom. The van der Waals surface area contributed by atoms with Gasteiger partial charge in [0.15, 0.2) is 0 Å². The number of ether oxygens (including phenoxy) is 1. The molecule has 0 saturated carbocycles. The Kier molecular flexibility index (Phi) is 4.77. The second-order valence-corrected chi connectivity index (χ2v) is 5.62. The minimum atomic E-state index is 0.181. The quantitative estimate of drug-likeness (QED) is 0.901. The van der Waals surface area contributed by atoms with E-state index < -0.39 is 0 Å². The summed E-state index contributed by atoms with van der Waals surface area (Å²) in [7, 11) is 2.14. The molecule has 1 aliphatic heterocycles. The average Bonchev–Trinajstić information content (AvgIpc) is 2.38. The first-order chi connectivity index (χ1) is 9.08. The van der Waals surface area contributed by atoms with E-state index in [4.69, 9.17) is 10.5 Å². The van der Waals surface area contributed by atoms with Gasteiger partial charge >= 0.3 is 0 Å². The highest BCUT2D eigenvalue weighted by Crippen LogP contribution is 2.23. The number of pyridine rings is 1. The van der Waals surface area contributed by atoms with Gasteiger partial charge in [-0.15, -0.1) is 0 Å². The number of aromatic nitrogens is 1. The molecule has 0 aliphatic carbocycles. The van der Waals surface area contributed by atoms with Gasteiger partial charge in [0.1, 0.15) is 5.82 Å². The van der Waals surface area contributed by atoms with Gasteiger partial charge in [0.2, 0.25) is 0 Å². The van der Waals surface area contributed by atoms with Crippen LogP contribution in [0.4, 0.5) is 5.82 Å². The molecular formula is C15H25N3O. The summed E-state index contributed by atoms with van der Waals surface area (Å²) in [5.74, 6) is 1.08. The van der Waals surface area contributed by atoms with Crippen LogP contribution in [0.1, 0.15) is 30.9 Å². The van der Waals surface area contributed by atoms with Crippen LogP contribution >= 0.6 is 0 Å². The number of anilines is 1. The summed E-state index contributed by atoms with van der Waals surface area (Å²) >= 11 is 0. The van der Waals surface area contributed by atoms with Crippen LogP contribution in [0.3, 0.4) is 0 Å². The molecule has 1 fully saturated rings. The van der Waals surface area contributed by atoms with Gasteiger partial charge in [-0.05, 0) is 44.2 Å². The average molecular weight is 263 g/mol. The fourth-order valence-corrected chi connectivity index (χ4v) is 2.72. The summed E-state index contributed by atoms with van der Waals surface area (Å²) in [6, 6.07) is 2.93. The van der Waals surface area contributed by atoms with Crippen LogP contribution in [0.25, 0.3) is 0 Å². The van der Waals surface area contributed by atoms with Crippen molar-refractivity contribution in [1.82, 2.24) is 4.98 Å². The van der Waals surface area contributed by atoms with Crippen LogP contribution in [-0.4, -0.2) is 37.3 Å². The van der Waals surface area contributed by atoms with Crippen LogP contribution < -0.4 is 10.6 Å². The molecule has 0 amide bonds. The van der Waals surface area contributed by atoms with Gasteiger partial charge < -0.3 is 15.4 Å². The fraction of sp³-hybridized carbons (Fsp3) is 0.667. The molecule has 1 atom stereocenters. The highest BCUT2D eigenvalue weighted by atomic mass is 16.5. The normalized spacial score (nSPS) is 18.3. The first-order valence-electron chi connectivity index (χ1n) is 7.09. The number of rotatable bonds is 4. The van der Waals surface area contributed by atoms with E-state index in [0.717, 1.165) is 38.3 Å². The van der Waals surface area contributed by atoms with Crippen LogP contribution in [0.5, 0.6) is 0 Å². The van der Waals surface area contributed by atoms with Crippen molar-refractivity contribution in [2.24, 2.45) is 5.73 Å². The van der Waals surface area contributed by atoms with E-state index in [-0.39, 0.29) is 6.04 Å². The Hall–Kier alpha value is -1.13. The molecule has 4 nitrogen and oxygen atoms in total. The predicted molar refractivity (Wildman–Crippen MR) is 78.6 cm³/mol. The largest absolute Gasteiger partial charge is 0.381 e. The molecule has 0 radical (unpaired) electrons. The zero-order valence-electron chi connectivity index (χ0n) is 12.2.